The van der Waals surface area contributed by atoms with Crippen LogP contribution in [0.5, 0.6) is 0 Å². The number of aromatic nitrogens is 1. The molecule has 1 aromatic heterocycles. The number of unbranched alkanes of at least 4 members (excludes halogenated alkanes) is 1. The SMILES string of the molecule is CC(C)OC1=NNCC1=Cc1cccn1CCCCO. The highest BCUT2D eigenvalue weighted by molar-refractivity contribution is 5.99. The number of ether oxygens (including phenoxy) is 1. The maximum atomic E-state index is 8.85. The van der Waals surface area contributed by atoms with E-state index in [1.807, 2.05) is 19.9 Å². The van der Waals surface area contributed by atoms with Crippen LogP contribution in [-0.2, 0) is 11.3 Å². The molecule has 2 N–H and O–H groups in total. The Hall–Kier alpha value is -1.75. The molecule has 5 nitrogen and oxygen atoms in total. The van der Waals surface area contributed by atoms with Crippen LogP contribution < -0.4 is 5.43 Å². The first-order chi connectivity index (χ1) is 9.70. The summed E-state index contributed by atoms with van der Waals surface area (Å²) in [6.07, 6.45) is 6.10. The van der Waals surface area contributed by atoms with Crippen molar-refractivity contribution in [3.8, 4) is 0 Å². The van der Waals surface area contributed by atoms with Gasteiger partial charge in [0.05, 0.1) is 12.6 Å². The molecular formula is C15H23N3O2. The van der Waals surface area contributed by atoms with Gasteiger partial charge in [0.15, 0.2) is 0 Å². The van der Waals surface area contributed by atoms with Crippen LogP contribution in [0.4, 0.5) is 0 Å². The first-order valence-electron chi connectivity index (χ1n) is 7.15. The van der Waals surface area contributed by atoms with E-state index < -0.39 is 0 Å². The Labute approximate surface area is 119 Å². The number of hydrogen-bond donors (Lipinski definition) is 2. The highest BCUT2D eigenvalue weighted by Crippen LogP contribution is 2.14. The summed E-state index contributed by atoms with van der Waals surface area (Å²) in [4.78, 5) is 0. The second-order valence-corrected chi connectivity index (χ2v) is 5.15. The first-order valence-corrected chi connectivity index (χ1v) is 7.15. The Morgan fingerprint density at radius 1 is 1.50 bits per heavy atom. The van der Waals surface area contributed by atoms with E-state index in [1.54, 1.807) is 0 Å². The lowest BCUT2D eigenvalue weighted by Gasteiger charge is -2.10. The fourth-order valence-electron chi connectivity index (χ4n) is 2.12. The van der Waals surface area contributed by atoms with E-state index in [0.29, 0.717) is 12.4 Å². The highest BCUT2D eigenvalue weighted by Gasteiger charge is 2.16. The van der Waals surface area contributed by atoms with Crippen LogP contribution in [0.1, 0.15) is 32.4 Å². The van der Waals surface area contributed by atoms with E-state index in [0.717, 1.165) is 30.7 Å². The summed E-state index contributed by atoms with van der Waals surface area (Å²) in [5.41, 5.74) is 5.18. The quantitative estimate of drug-likeness (QED) is 0.782. The number of hydrogen-bond acceptors (Lipinski definition) is 4. The van der Waals surface area contributed by atoms with Crippen LogP contribution in [0, 0.1) is 0 Å². The molecule has 0 aliphatic carbocycles. The molecule has 20 heavy (non-hydrogen) atoms. The van der Waals surface area contributed by atoms with Crippen molar-refractivity contribution in [3.63, 3.8) is 0 Å². The molecule has 2 rings (SSSR count). The van der Waals surface area contributed by atoms with Gasteiger partial charge in [-0.2, -0.15) is 0 Å². The van der Waals surface area contributed by atoms with Crippen LogP contribution in [0.2, 0.25) is 0 Å². The fourth-order valence-corrected chi connectivity index (χ4v) is 2.12. The Morgan fingerprint density at radius 3 is 3.10 bits per heavy atom. The number of aliphatic hydroxyl groups is 1. The standard InChI is InChI=1S/C15H23N3O2/c1-12(2)20-15-13(11-16-17-15)10-14-6-5-8-18(14)7-3-4-9-19/h5-6,8,10,12,16,19H,3-4,7,9,11H2,1-2H3. The van der Waals surface area contributed by atoms with Gasteiger partial charge in [0.2, 0.25) is 5.90 Å². The third kappa shape index (κ3) is 3.87. The lowest BCUT2D eigenvalue weighted by atomic mass is 10.2. The minimum Gasteiger partial charge on any atom is -0.474 e. The molecule has 1 aromatic rings. The molecule has 0 atom stereocenters. The lowest BCUT2D eigenvalue weighted by molar-refractivity contribution is 0.229. The van der Waals surface area contributed by atoms with Gasteiger partial charge in [-0.3, -0.25) is 0 Å². The van der Waals surface area contributed by atoms with Crippen molar-refractivity contribution in [2.24, 2.45) is 5.10 Å². The Morgan fingerprint density at radius 2 is 2.35 bits per heavy atom. The molecule has 110 valence electrons. The van der Waals surface area contributed by atoms with Gasteiger partial charge in [0.25, 0.3) is 0 Å². The molecule has 1 aliphatic rings. The van der Waals surface area contributed by atoms with Crippen LogP contribution >= 0.6 is 0 Å². The van der Waals surface area contributed by atoms with Gasteiger partial charge in [0.1, 0.15) is 0 Å². The second-order valence-electron chi connectivity index (χ2n) is 5.15. The maximum absolute atomic E-state index is 8.85. The number of nitrogens with zero attached hydrogens (tertiary/aromatic N) is 2. The molecule has 1 aliphatic heterocycles. The summed E-state index contributed by atoms with van der Waals surface area (Å²) in [7, 11) is 0. The minimum absolute atomic E-state index is 0.119. The van der Waals surface area contributed by atoms with E-state index >= 15 is 0 Å². The normalized spacial score (nSPS) is 16.6. The van der Waals surface area contributed by atoms with Crippen LogP contribution in [-0.4, -0.2) is 34.8 Å². The van der Waals surface area contributed by atoms with E-state index in [9.17, 15) is 0 Å². The van der Waals surface area contributed by atoms with E-state index in [2.05, 4.69) is 33.4 Å². The smallest absolute Gasteiger partial charge is 0.236 e. The van der Waals surface area contributed by atoms with Crippen LogP contribution in [0.25, 0.3) is 6.08 Å². The van der Waals surface area contributed by atoms with Gasteiger partial charge in [-0.1, -0.05) is 0 Å². The molecule has 0 spiro atoms. The van der Waals surface area contributed by atoms with Gasteiger partial charge >= 0.3 is 0 Å². The highest BCUT2D eigenvalue weighted by atomic mass is 16.5. The Kier molecular flexibility index (Phi) is 5.24. The second kappa shape index (κ2) is 7.14. The van der Waals surface area contributed by atoms with Gasteiger partial charge in [-0.25, -0.2) is 0 Å². The van der Waals surface area contributed by atoms with E-state index in [4.69, 9.17) is 9.84 Å². The summed E-state index contributed by atoms with van der Waals surface area (Å²) in [5, 5.41) is 13.0. The molecule has 0 amide bonds. The molecule has 0 saturated carbocycles. The number of nitrogens with one attached hydrogen (secondary N) is 1. The zero-order valence-corrected chi connectivity index (χ0v) is 12.2. The maximum Gasteiger partial charge on any atom is 0.236 e. The van der Waals surface area contributed by atoms with Gasteiger partial charge in [-0.05, 0) is 44.9 Å². The molecule has 0 saturated heterocycles. The number of aryl methyl sites for hydroxylation is 1. The molecule has 5 heteroatoms. The average Bonchev–Trinajstić information content (AvgIpc) is 3.01. The third-order valence-corrected chi connectivity index (χ3v) is 3.07. The molecule has 0 aromatic carbocycles. The van der Waals surface area contributed by atoms with Crippen molar-refractivity contribution in [1.29, 1.82) is 0 Å². The minimum atomic E-state index is 0.119. The molecule has 2 heterocycles. The predicted molar refractivity (Wildman–Crippen MR) is 80.4 cm³/mol. The van der Waals surface area contributed by atoms with Crippen molar-refractivity contribution >= 4 is 12.0 Å². The topological polar surface area (TPSA) is 58.8 Å². The van der Waals surface area contributed by atoms with Crippen molar-refractivity contribution < 1.29 is 9.84 Å². The molecule has 0 fully saturated rings. The summed E-state index contributed by atoms with van der Waals surface area (Å²) < 4.78 is 7.88. The summed E-state index contributed by atoms with van der Waals surface area (Å²) >= 11 is 0. The van der Waals surface area contributed by atoms with E-state index in [-0.39, 0.29) is 12.7 Å². The van der Waals surface area contributed by atoms with Crippen molar-refractivity contribution in [2.45, 2.75) is 39.3 Å². The van der Waals surface area contributed by atoms with Gasteiger partial charge in [0, 0.05) is 30.6 Å². The Bertz CT molecular complexity index is 489. The van der Waals surface area contributed by atoms with Crippen LogP contribution in [0.3, 0.4) is 0 Å². The van der Waals surface area contributed by atoms with Gasteiger partial charge in [-0.15, -0.1) is 5.10 Å². The lowest BCUT2D eigenvalue weighted by Crippen LogP contribution is -2.12. The third-order valence-electron chi connectivity index (χ3n) is 3.07. The van der Waals surface area contributed by atoms with Crippen molar-refractivity contribution in [2.75, 3.05) is 13.2 Å². The number of hydrazone groups is 1. The fraction of sp³-hybridized carbons (Fsp3) is 0.533. The van der Waals surface area contributed by atoms with Crippen molar-refractivity contribution in [1.82, 2.24) is 9.99 Å². The molecule has 0 radical (unpaired) electrons. The summed E-state index contributed by atoms with van der Waals surface area (Å²) in [6, 6.07) is 4.12. The molecular weight excluding hydrogens is 254 g/mol. The van der Waals surface area contributed by atoms with E-state index in [1.165, 1.54) is 0 Å². The predicted octanol–water partition coefficient (Wildman–Crippen LogP) is 1.99. The Balaban J connectivity index is 2.06. The van der Waals surface area contributed by atoms with Crippen LogP contribution in [0.15, 0.2) is 29.0 Å². The first kappa shape index (κ1) is 14.7. The average molecular weight is 277 g/mol. The molecule has 0 unspecified atom stereocenters. The largest absolute Gasteiger partial charge is 0.474 e. The van der Waals surface area contributed by atoms with Gasteiger partial charge < -0.3 is 19.8 Å². The zero-order valence-electron chi connectivity index (χ0n) is 12.2. The summed E-state index contributed by atoms with van der Waals surface area (Å²) in [6.45, 7) is 5.86. The molecule has 0 bridgehead atoms. The number of aliphatic hydroxyl groups excluding tert-OH is 1. The number of rotatable bonds is 6. The monoisotopic (exact) mass is 277 g/mol. The summed E-state index contributed by atoms with van der Waals surface area (Å²) in [5.74, 6) is 0.683. The zero-order chi connectivity index (χ0) is 14.4. The van der Waals surface area contributed by atoms with Crippen molar-refractivity contribution in [3.05, 3.63) is 29.6 Å².